The van der Waals surface area contributed by atoms with E-state index in [0.717, 1.165) is 25.7 Å². The second-order valence-electron chi connectivity index (χ2n) is 4.44. The maximum Gasteiger partial charge on any atom is 0.226 e. The van der Waals surface area contributed by atoms with Gasteiger partial charge in [0.25, 0.3) is 0 Å². The van der Waals surface area contributed by atoms with Gasteiger partial charge < -0.3 is 10.6 Å². The lowest BCUT2D eigenvalue weighted by molar-refractivity contribution is -0.135. The highest BCUT2D eigenvalue weighted by Gasteiger charge is 2.27. The smallest absolute Gasteiger partial charge is 0.226 e. The van der Waals surface area contributed by atoms with Gasteiger partial charge in [0.15, 0.2) is 0 Å². The number of amides is 1. The molecule has 0 aromatic carbocycles. The van der Waals surface area contributed by atoms with Gasteiger partial charge in [0, 0.05) is 25.0 Å². The molecule has 2 unspecified atom stereocenters. The summed E-state index contributed by atoms with van der Waals surface area (Å²) in [5, 5.41) is 0. The maximum absolute atomic E-state index is 12.2. The Balaban J connectivity index is 2.57. The summed E-state index contributed by atoms with van der Waals surface area (Å²) in [5.74, 6) is 0.304. The van der Waals surface area contributed by atoms with Gasteiger partial charge >= 0.3 is 0 Å². The fourth-order valence-electron chi connectivity index (χ4n) is 2.28. The third-order valence-corrected chi connectivity index (χ3v) is 3.07. The summed E-state index contributed by atoms with van der Waals surface area (Å²) in [6.45, 7) is 8.53. The molecular weight excluding hydrogens is 200 g/mol. The van der Waals surface area contributed by atoms with Crippen LogP contribution >= 0.6 is 0 Å². The van der Waals surface area contributed by atoms with E-state index in [0.29, 0.717) is 13.1 Å². The zero-order valence-corrected chi connectivity index (χ0v) is 9.90. The van der Waals surface area contributed by atoms with Crippen LogP contribution in [-0.2, 0) is 4.79 Å². The first kappa shape index (κ1) is 13.0. The molecule has 0 radical (unpaired) electrons. The van der Waals surface area contributed by atoms with Gasteiger partial charge in [-0.3, -0.25) is 4.79 Å². The van der Waals surface area contributed by atoms with Crippen molar-refractivity contribution in [2.75, 3.05) is 13.1 Å². The quantitative estimate of drug-likeness (QED) is 0.720. The Morgan fingerprint density at radius 1 is 1.31 bits per heavy atom. The summed E-state index contributed by atoms with van der Waals surface area (Å²) in [5.41, 5.74) is 5.90. The minimum absolute atomic E-state index is 0.101. The van der Waals surface area contributed by atoms with Gasteiger partial charge in [-0.2, -0.15) is 0 Å². The predicted octanol–water partition coefficient (Wildman–Crippen LogP) is 1.70. The molecule has 2 atom stereocenters. The van der Waals surface area contributed by atoms with Gasteiger partial charge in [0.05, 0.1) is 0 Å². The molecule has 0 aliphatic heterocycles. The van der Waals surface area contributed by atoms with Crippen molar-refractivity contribution in [3.8, 4) is 0 Å². The number of carbonyl (C=O) groups excluding carboxylic acids is 1. The van der Waals surface area contributed by atoms with Crippen molar-refractivity contribution < 1.29 is 4.79 Å². The number of nitrogens with two attached hydrogens (primary N) is 1. The van der Waals surface area contributed by atoms with Crippen LogP contribution in [0.1, 0.15) is 25.7 Å². The fourth-order valence-corrected chi connectivity index (χ4v) is 2.28. The van der Waals surface area contributed by atoms with E-state index in [4.69, 9.17) is 5.73 Å². The monoisotopic (exact) mass is 222 g/mol. The molecule has 0 bridgehead atoms. The molecule has 3 nitrogen and oxygen atoms in total. The minimum atomic E-state index is 0.101. The second kappa shape index (κ2) is 6.48. The summed E-state index contributed by atoms with van der Waals surface area (Å²) in [7, 11) is 0. The van der Waals surface area contributed by atoms with E-state index in [9.17, 15) is 4.79 Å². The zero-order chi connectivity index (χ0) is 12.0. The number of carbonyl (C=O) groups is 1. The van der Waals surface area contributed by atoms with Crippen molar-refractivity contribution in [1.29, 1.82) is 0 Å². The molecule has 90 valence electrons. The minimum Gasteiger partial charge on any atom is -0.335 e. The van der Waals surface area contributed by atoms with Gasteiger partial charge in [0.2, 0.25) is 5.91 Å². The average Bonchev–Trinajstić information content (AvgIpc) is 2.28. The normalized spacial score (nSPS) is 24.8. The van der Waals surface area contributed by atoms with E-state index in [1.54, 1.807) is 17.1 Å². The third-order valence-electron chi connectivity index (χ3n) is 3.07. The second-order valence-corrected chi connectivity index (χ2v) is 4.44. The van der Waals surface area contributed by atoms with E-state index in [1.165, 1.54) is 0 Å². The SMILES string of the molecule is C=CCN(CC=C)C(=O)C1CCCC(N)C1. The van der Waals surface area contributed by atoms with E-state index < -0.39 is 0 Å². The van der Waals surface area contributed by atoms with Crippen LogP contribution < -0.4 is 5.73 Å². The molecular formula is C13H22N2O. The van der Waals surface area contributed by atoms with E-state index >= 15 is 0 Å². The molecule has 1 aliphatic rings. The highest BCUT2D eigenvalue weighted by molar-refractivity contribution is 5.79. The van der Waals surface area contributed by atoms with Crippen molar-refractivity contribution in [3.05, 3.63) is 25.3 Å². The van der Waals surface area contributed by atoms with Crippen molar-refractivity contribution >= 4 is 5.91 Å². The van der Waals surface area contributed by atoms with Crippen LogP contribution in [0.5, 0.6) is 0 Å². The van der Waals surface area contributed by atoms with Crippen molar-refractivity contribution in [2.45, 2.75) is 31.7 Å². The summed E-state index contributed by atoms with van der Waals surface area (Å²) in [6, 6.07) is 0.192. The molecule has 16 heavy (non-hydrogen) atoms. The average molecular weight is 222 g/mol. The number of rotatable bonds is 5. The highest BCUT2D eigenvalue weighted by Crippen LogP contribution is 2.24. The number of hydrogen-bond donors (Lipinski definition) is 1. The topological polar surface area (TPSA) is 46.3 Å². The lowest BCUT2D eigenvalue weighted by Gasteiger charge is -2.30. The van der Waals surface area contributed by atoms with E-state index in [-0.39, 0.29) is 17.9 Å². The number of hydrogen-bond acceptors (Lipinski definition) is 2. The predicted molar refractivity (Wildman–Crippen MR) is 66.9 cm³/mol. The fraction of sp³-hybridized carbons (Fsp3) is 0.615. The summed E-state index contributed by atoms with van der Waals surface area (Å²) in [4.78, 5) is 14.0. The van der Waals surface area contributed by atoms with Crippen molar-refractivity contribution in [2.24, 2.45) is 11.7 Å². The molecule has 0 heterocycles. The molecule has 3 heteroatoms. The molecule has 1 saturated carbocycles. The van der Waals surface area contributed by atoms with Gasteiger partial charge in [0.1, 0.15) is 0 Å². The van der Waals surface area contributed by atoms with Crippen molar-refractivity contribution in [1.82, 2.24) is 4.90 Å². The van der Waals surface area contributed by atoms with Crippen LogP contribution in [0, 0.1) is 5.92 Å². The Morgan fingerprint density at radius 3 is 2.44 bits per heavy atom. The van der Waals surface area contributed by atoms with Crippen LogP contribution in [0.4, 0.5) is 0 Å². The molecule has 0 aromatic heterocycles. The molecule has 0 saturated heterocycles. The van der Waals surface area contributed by atoms with Gasteiger partial charge in [-0.25, -0.2) is 0 Å². The molecule has 1 fully saturated rings. The Bertz CT molecular complexity index is 253. The van der Waals surface area contributed by atoms with Crippen LogP contribution in [0.2, 0.25) is 0 Å². The first-order valence-corrected chi connectivity index (χ1v) is 5.95. The number of nitrogens with zero attached hydrogens (tertiary/aromatic N) is 1. The molecule has 0 aromatic rings. The van der Waals surface area contributed by atoms with E-state index in [2.05, 4.69) is 13.2 Å². The first-order chi connectivity index (χ1) is 7.69. The lowest BCUT2D eigenvalue weighted by Crippen LogP contribution is -2.40. The molecule has 1 aliphatic carbocycles. The van der Waals surface area contributed by atoms with Gasteiger partial charge in [-0.1, -0.05) is 18.6 Å². The Labute approximate surface area is 98.0 Å². The summed E-state index contributed by atoms with van der Waals surface area (Å²) >= 11 is 0. The Kier molecular flexibility index (Phi) is 5.26. The summed E-state index contributed by atoms with van der Waals surface area (Å²) in [6.07, 6.45) is 7.41. The van der Waals surface area contributed by atoms with Crippen molar-refractivity contribution in [3.63, 3.8) is 0 Å². The Hall–Kier alpha value is -1.09. The largest absolute Gasteiger partial charge is 0.335 e. The Morgan fingerprint density at radius 2 is 1.94 bits per heavy atom. The van der Waals surface area contributed by atoms with Gasteiger partial charge in [-0.15, -0.1) is 13.2 Å². The van der Waals surface area contributed by atoms with Crippen LogP contribution in [0.15, 0.2) is 25.3 Å². The molecule has 0 spiro atoms. The lowest BCUT2D eigenvalue weighted by atomic mass is 9.85. The zero-order valence-electron chi connectivity index (χ0n) is 9.90. The molecule has 2 N–H and O–H groups in total. The first-order valence-electron chi connectivity index (χ1n) is 5.95. The van der Waals surface area contributed by atoms with Crippen LogP contribution in [0.25, 0.3) is 0 Å². The standard InChI is InChI=1S/C13H22N2O/c1-3-8-15(9-4-2)13(16)11-6-5-7-12(14)10-11/h3-4,11-12H,1-2,5-10,14H2. The third kappa shape index (κ3) is 3.49. The summed E-state index contributed by atoms with van der Waals surface area (Å²) < 4.78 is 0. The molecule has 1 amide bonds. The van der Waals surface area contributed by atoms with E-state index in [1.807, 2.05) is 0 Å². The van der Waals surface area contributed by atoms with Crippen LogP contribution in [0.3, 0.4) is 0 Å². The molecule has 1 rings (SSSR count). The highest BCUT2D eigenvalue weighted by atomic mass is 16.2. The maximum atomic E-state index is 12.2. The van der Waals surface area contributed by atoms with Gasteiger partial charge in [-0.05, 0) is 19.3 Å². The van der Waals surface area contributed by atoms with Crippen LogP contribution in [-0.4, -0.2) is 29.9 Å².